The lowest BCUT2D eigenvalue weighted by Gasteiger charge is -2.31. The van der Waals surface area contributed by atoms with Gasteiger partial charge in [-0.3, -0.25) is 9.78 Å². The fourth-order valence-electron chi connectivity index (χ4n) is 1.67. The second-order valence-electron chi connectivity index (χ2n) is 4.56. The number of hydrogen-bond donors (Lipinski definition) is 0. The Balaban J connectivity index is 2.40. The van der Waals surface area contributed by atoms with Gasteiger partial charge in [0.15, 0.2) is 0 Å². The van der Waals surface area contributed by atoms with Gasteiger partial charge in [-0.15, -0.1) is 0 Å². The first-order chi connectivity index (χ1) is 6.50. The van der Waals surface area contributed by atoms with Gasteiger partial charge in [-0.05, 0) is 32.9 Å². The molecule has 0 fully saturated rings. The quantitative estimate of drug-likeness (QED) is 0.625. The number of rotatable bonds is 0. The molecule has 74 valence electrons. The summed E-state index contributed by atoms with van der Waals surface area (Å²) < 4.78 is 0. The molecule has 0 radical (unpaired) electrons. The monoisotopic (exact) mass is 190 g/mol. The lowest BCUT2D eigenvalue weighted by molar-refractivity contribution is 0.0608. The van der Waals surface area contributed by atoms with Gasteiger partial charge in [0.2, 0.25) is 0 Å². The molecule has 1 amide bonds. The number of pyridine rings is 1. The van der Waals surface area contributed by atoms with Crippen LogP contribution in [0.15, 0.2) is 18.3 Å². The maximum atomic E-state index is 11.9. The van der Waals surface area contributed by atoms with Crippen molar-refractivity contribution in [3.05, 3.63) is 29.6 Å². The summed E-state index contributed by atoms with van der Waals surface area (Å²) in [6.07, 6.45) is 1.73. The molecule has 0 bridgehead atoms. The van der Waals surface area contributed by atoms with Crippen LogP contribution in [0.25, 0.3) is 0 Å². The second-order valence-corrected chi connectivity index (χ2v) is 4.56. The van der Waals surface area contributed by atoms with Crippen LogP contribution >= 0.6 is 0 Å². The first-order valence-corrected chi connectivity index (χ1v) is 4.76. The van der Waals surface area contributed by atoms with Crippen LogP contribution in [0.3, 0.4) is 0 Å². The summed E-state index contributed by atoms with van der Waals surface area (Å²) in [4.78, 5) is 18.0. The van der Waals surface area contributed by atoms with Gasteiger partial charge in [-0.2, -0.15) is 0 Å². The summed E-state index contributed by atoms with van der Waals surface area (Å²) in [5, 5.41) is 0. The van der Waals surface area contributed by atoms with Crippen LogP contribution in [0.5, 0.6) is 0 Å². The zero-order chi connectivity index (χ0) is 10.3. The van der Waals surface area contributed by atoms with Crippen molar-refractivity contribution in [3.63, 3.8) is 0 Å². The average Bonchev–Trinajstić information content (AvgIpc) is 2.44. The molecule has 2 heterocycles. The molecule has 0 atom stereocenters. The Hall–Kier alpha value is -1.38. The van der Waals surface area contributed by atoms with Crippen LogP contribution in [0.1, 0.15) is 36.8 Å². The van der Waals surface area contributed by atoms with E-state index in [9.17, 15) is 4.79 Å². The Morgan fingerprint density at radius 1 is 1.43 bits per heavy atom. The molecule has 0 aromatic carbocycles. The first-order valence-electron chi connectivity index (χ1n) is 4.76. The number of carbonyl (C=O) groups excluding carboxylic acids is 1. The molecule has 14 heavy (non-hydrogen) atoms. The van der Waals surface area contributed by atoms with Gasteiger partial charge in [-0.1, -0.05) is 0 Å². The fraction of sp³-hybridized carbons (Fsp3) is 0.455. The van der Waals surface area contributed by atoms with E-state index in [-0.39, 0.29) is 11.4 Å². The molecular formula is C11H14N2O. The molecule has 0 aliphatic carbocycles. The Kier molecular flexibility index (Phi) is 1.84. The maximum absolute atomic E-state index is 11.9. The van der Waals surface area contributed by atoms with Gasteiger partial charge in [0.25, 0.3) is 5.91 Å². The van der Waals surface area contributed by atoms with Gasteiger partial charge in [-0.25, -0.2) is 0 Å². The molecule has 0 unspecified atom stereocenters. The predicted molar refractivity (Wildman–Crippen MR) is 53.9 cm³/mol. The second kappa shape index (κ2) is 2.80. The van der Waals surface area contributed by atoms with Crippen LogP contribution in [-0.2, 0) is 6.54 Å². The Labute approximate surface area is 83.8 Å². The average molecular weight is 190 g/mol. The highest BCUT2D eigenvalue weighted by molar-refractivity contribution is 5.98. The summed E-state index contributed by atoms with van der Waals surface area (Å²) >= 11 is 0. The van der Waals surface area contributed by atoms with Crippen molar-refractivity contribution in [2.75, 3.05) is 0 Å². The summed E-state index contributed by atoms with van der Waals surface area (Å²) in [6.45, 7) is 6.75. The highest BCUT2D eigenvalue weighted by atomic mass is 16.2. The van der Waals surface area contributed by atoms with Gasteiger partial charge in [0, 0.05) is 11.7 Å². The molecular weight excluding hydrogens is 176 g/mol. The summed E-state index contributed by atoms with van der Waals surface area (Å²) in [5.74, 6) is 0.0978. The van der Waals surface area contributed by atoms with Crippen LogP contribution < -0.4 is 0 Å². The normalized spacial score (nSPS) is 15.9. The van der Waals surface area contributed by atoms with Crippen molar-refractivity contribution in [3.8, 4) is 0 Å². The van der Waals surface area contributed by atoms with E-state index in [1.165, 1.54) is 0 Å². The van der Waals surface area contributed by atoms with Crippen molar-refractivity contribution in [2.24, 2.45) is 0 Å². The van der Waals surface area contributed by atoms with Gasteiger partial charge in [0.05, 0.1) is 17.8 Å². The first kappa shape index (κ1) is 9.19. The molecule has 1 aromatic rings. The minimum atomic E-state index is -0.127. The predicted octanol–water partition coefficient (Wildman–Crippen LogP) is 1.84. The van der Waals surface area contributed by atoms with Gasteiger partial charge in [0.1, 0.15) is 0 Å². The molecule has 0 saturated heterocycles. The van der Waals surface area contributed by atoms with E-state index in [1.54, 1.807) is 6.20 Å². The Bertz CT molecular complexity index is 379. The number of nitrogens with zero attached hydrogens (tertiary/aromatic N) is 2. The highest BCUT2D eigenvalue weighted by Crippen LogP contribution is 2.27. The van der Waals surface area contributed by atoms with E-state index >= 15 is 0 Å². The third-order valence-corrected chi connectivity index (χ3v) is 2.48. The number of carbonyl (C=O) groups is 1. The van der Waals surface area contributed by atoms with Gasteiger partial charge < -0.3 is 4.90 Å². The number of fused-ring (bicyclic) bond motifs is 1. The summed E-state index contributed by atoms with van der Waals surface area (Å²) in [5.41, 5.74) is 1.52. The Morgan fingerprint density at radius 2 is 2.14 bits per heavy atom. The van der Waals surface area contributed by atoms with Crippen LogP contribution in [0.2, 0.25) is 0 Å². The van der Waals surface area contributed by atoms with Crippen LogP contribution in [-0.4, -0.2) is 21.3 Å². The molecule has 0 N–H and O–H groups in total. The van der Waals surface area contributed by atoms with Crippen molar-refractivity contribution >= 4 is 5.91 Å². The van der Waals surface area contributed by atoms with Crippen molar-refractivity contribution in [1.82, 2.24) is 9.88 Å². The molecule has 0 spiro atoms. The number of aromatic nitrogens is 1. The molecule has 1 aromatic heterocycles. The summed E-state index contributed by atoms with van der Waals surface area (Å²) in [7, 11) is 0. The van der Waals surface area contributed by atoms with E-state index in [0.717, 1.165) is 11.3 Å². The number of hydrogen-bond acceptors (Lipinski definition) is 2. The third kappa shape index (κ3) is 1.29. The number of amides is 1. The van der Waals surface area contributed by atoms with E-state index in [4.69, 9.17) is 0 Å². The molecule has 3 nitrogen and oxygen atoms in total. The maximum Gasteiger partial charge on any atom is 0.256 e. The fourth-order valence-corrected chi connectivity index (χ4v) is 1.67. The van der Waals surface area contributed by atoms with Gasteiger partial charge >= 0.3 is 0 Å². The van der Waals surface area contributed by atoms with E-state index in [1.807, 2.05) is 37.8 Å². The van der Waals surface area contributed by atoms with E-state index in [2.05, 4.69) is 4.98 Å². The minimum absolute atomic E-state index is 0.0978. The Morgan fingerprint density at radius 3 is 2.71 bits per heavy atom. The molecule has 1 aliphatic heterocycles. The van der Waals surface area contributed by atoms with E-state index < -0.39 is 0 Å². The molecule has 2 rings (SSSR count). The molecule has 0 saturated carbocycles. The topological polar surface area (TPSA) is 33.2 Å². The SMILES string of the molecule is CC(C)(C)N1Cc2ncccc2C1=O. The molecule has 1 aliphatic rings. The zero-order valence-electron chi connectivity index (χ0n) is 8.74. The molecule has 3 heteroatoms. The van der Waals surface area contributed by atoms with Crippen LogP contribution in [0.4, 0.5) is 0 Å². The van der Waals surface area contributed by atoms with Crippen molar-refractivity contribution in [2.45, 2.75) is 32.9 Å². The summed E-state index contributed by atoms with van der Waals surface area (Å²) in [6, 6.07) is 3.65. The van der Waals surface area contributed by atoms with E-state index in [0.29, 0.717) is 6.54 Å². The lowest BCUT2D eigenvalue weighted by Crippen LogP contribution is -2.41. The lowest BCUT2D eigenvalue weighted by atomic mass is 10.1. The van der Waals surface area contributed by atoms with Crippen LogP contribution in [0, 0.1) is 0 Å². The highest BCUT2D eigenvalue weighted by Gasteiger charge is 2.34. The van der Waals surface area contributed by atoms with Crippen molar-refractivity contribution in [1.29, 1.82) is 0 Å². The smallest absolute Gasteiger partial charge is 0.256 e. The standard InChI is InChI=1S/C11H14N2O/c1-11(2,3)13-7-9-8(10(13)14)5-4-6-12-9/h4-6H,7H2,1-3H3. The van der Waals surface area contributed by atoms with Crippen molar-refractivity contribution < 1.29 is 4.79 Å². The zero-order valence-corrected chi connectivity index (χ0v) is 8.74. The minimum Gasteiger partial charge on any atom is -0.328 e. The third-order valence-electron chi connectivity index (χ3n) is 2.48. The largest absolute Gasteiger partial charge is 0.328 e.